The first kappa shape index (κ1) is 11.1. The maximum absolute atomic E-state index is 9.22. The van der Waals surface area contributed by atoms with Gasteiger partial charge < -0.3 is 10.4 Å². The van der Waals surface area contributed by atoms with Crippen molar-refractivity contribution < 1.29 is 5.11 Å². The lowest BCUT2D eigenvalue weighted by Gasteiger charge is -2.34. The summed E-state index contributed by atoms with van der Waals surface area (Å²) in [5, 5.41) is 12.8. The number of hydrogen-bond donors (Lipinski definition) is 2. The van der Waals surface area contributed by atoms with E-state index < -0.39 is 0 Å². The highest BCUT2D eigenvalue weighted by Gasteiger charge is 2.28. The second kappa shape index (κ2) is 4.24. The maximum Gasteiger partial charge on any atom is 0.0570 e. The second-order valence-electron chi connectivity index (χ2n) is 4.58. The van der Waals surface area contributed by atoms with Gasteiger partial charge in [-0.25, -0.2) is 0 Å². The quantitative estimate of drug-likeness (QED) is 0.828. The van der Waals surface area contributed by atoms with Crippen LogP contribution < -0.4 is 5.32 Å². The summed E-state index contributed by atoms with van der Waals surface area (Å²) < 4.78 is 0. The minimum absolute atomic E-state index is 0.0694. The average Bonchev–Trinajstić information content (AvgIpc) is 2.42. The molecule has 1 heterocycles. The van der Waals surface area contributed by atoms with E-state index >= 15 is 0 Å². The summed E-state index contributed by atoms with van der Waals surface area (Å²) >= 11 is 1.86. The van der Waals surface area contributed by atoms with Crippen molar-refractivity contribution >= 4 is 11.3 Å². The first-order valence-electron chi connectivity index (χ1n) is 5.57. The Labute approximate surface area is 95.3 Å². The van der Waals surface area contributed by atoms with Crippen molar-refractivity contribution in [3.63, 3.8) is 0 Å². The molecule has 0 amide bonds. The van der Waals surface area contributed by atoms with Crippen LogP contribution in [0.4, 0.5) is 0 Å². The van der Waals surface area contributed by atoms with Gasteiger partial charge in [-0.15, -0.1) is 11.3 Å². The first-order valence-corrected chi connectivity index (χ1v) is 6.39. The van der Waals surface area contributed by atoms with E-state index in [-0.39, 0.29) is 6.10 Å². The monoisotopic (exact) mass is 225 g/mol. The maximum atomic E-state index is 9.22. The van der Waals surface area contributed by atoms with E-state index in [1.165, 1.54) is 15.3 Å². The molecule has 1 saturated carbocycles. The van der Waals surface area contributed by atoms with Gasteiger partial charge in [0.25, 0.3) is 0 Å². The summed E-state index contributed by atoms with van der Waals surface area (Å²) in [4.78, 5) is 2.79. The minimum Gasteiger partial charge on any atom is -0.393 e. The highest BCUT2D eigenvalue weighted by Crippen LogP contribution is 2.29. The van der Waals surface area contributed by atoms with Crippen LogP contribution >= 0.6 is 11.3 Å². The van der Waals surface area contributed by atoms with Gasteiger partial charge in [0.1, 0.15) is 0 Å². The molecule has 1 aromatic heterocycles. The third-order valence-electron chi connectivity index (χ3n) is 3.14. The Morgan fingerprint density at radius 2 is 2.13 bits per heavy atom. The predicted octanol–water partition coefficient (Wildman–Crippen LogP) is 2.54. The van der Waals surface area contributed by atoms with Gasteiger partial charge in [0.15, 0.2) is 0 Å². The third kappa shape index (κ3) is 2.41. The molecular weight excluding hydrogens is 206 g/mol. The van der Waals surface area contributed by atoms with Crippen LogP contribution in [0.5, 0.6) is 0 Å². The SMILES string of the molecule is Cc1cc(C(C)NC2CC(O)C2)c(C)s1. The number of aliphatic hydroxyl groups is 1. The predicted molar refractivity (Wildman–Crippen MR) is 64.4 cm³/mol. The standard InChI is InChI=1S/C12H19NOS/c1-7-4-12(9(3)15-7)8(2)13-10-5-11(14)6-10/h4,8,10-11,13-14H,5-6H2,1-3H3. The van der Waals surface area contributed by atoms with Gasteiger partial charge in [-0.1, -0.05) is 0 Å². The first-order chi connectivity index (χ1) is 7.06. The zero-order chi connectivity index (χ0) is 11.0. The Morgan fingerprint density at radius 1 is 1.47 bits per heavy atom. The highest BCUT2D eigenvalue weighted by atomic mass is 32.1. The van der Waals surface area contributed by atoms with E-state index in [4.69, 9.17) is 0 Å². The summed E-state index contributed by atoms with van der Waals surface area (Å²) in [7, 11) is 0. The van der Waals surface area contributed by atoms with Crippen molar-refractivity contribution in [2.45, 2.75) is 51.8 Å². The Bertz CT molecular complexity index is 341. The minimum atomic E-state index is -0.0694. The second-order valence-corrected chi connectivity index (χ2v) is 6.04. The molecule has 0 radical (unpaired) electrons. The number of aryl methyl sites for hydroxylation is 2. The average molecular weight is 225 g/mol. The molecule has 84 valence electrons. The lowest BCUT2D eigenvalue weighted by Crippen LogP contribution is -2.45. The largest absolute Gasteiger partial charge is 0.393 e. The topological polar surface area (TPSA) is 32.3 Å². The van der Waals surface area contributed by atoms with Crippen LogP contribution in [0, 0.1) is 13.8 Å². The summed E-state index contributed by atoms with van der Waals surface area (Å²) in [5.74, 6) is 0. The van der Waals surface area contributed by atoms with Gasteiger partial charge in [0.2, 0.25) is 0 Å². The number of aliphatic hydroxyl groups excluding tert-OH is 1. The van der Waals surface area contributed by atoms with Gasteiger partial charge in [0.05, 0.1) is 6.10 Å². The number of rotatable bonds is 3. The molecule has 2 N–H and O–H groups in total. The molecule has 15 heavy (non-hydrogen) atoms. The molecule has 0 aromatic carbocycles. The van der Waals surface area contributed by atoms with E-state index in [1.807, 2.05) is 11.3 Å². The lowest BCUT2D eigenvalue weighted by atomic mass is 9.88. The summed E-state index contributed by atoms with van der Waals surface area (Å²) in [5.41, 5.74) is 1.42. The summed E-state index contributed by atoms with van der Waals surface area (Å²) in [6.45, 7) is 6.54. The zero-order valence-electron chi connectivity index (χ0n) is 9.58. The third-order valence-corrected chi connectivity index (χ3v) is 4.13. The highest BCUT2D eigenvalue weighted by molar-refractivity contribution is 7.12. The fourth-order valence-corrected chi connectivity index (χ4v) is 3.27. The molecular formula is C12H19NOS. The molecule has 1 aromatic rings. The van der Waals surface area contributed by atoms with Crippen LogP contribution in [-0.2, 0) is 0 Å². The molecule has 1 aliphatic carbocycles. The van der Waals surface area contributed by atoms with Crippen molar-refractivity contribution in [3.8, 4) is 0 Å². The van der Waals surface area contributed by atoms with Gasteiger partial charge >= 0.3 is 0 Å². The molecule has 0 saturated heterocycles. The smallest absolute Gasteiger partial charge is 0.0570 e. The van der Waals surface area contributed by atoms with Crippen molar-refractivity contribution in [1.82, 2.24) is 5.32 Å². The lowest BCUT2D eigenvalue weighted by molar-refractivity contribution is 0.0586. The Balaban J connectivity index is 1.95. The fraction of sp³-hybridized carbons (Fsp3) is 0.667. The Morgan fingerprint density at radius 3 is 2.60 bits per heavy atom. The van der Waals surface area contributed by atoms with Crippen LogP contribution in [0.25, 0.3) is 0 Å². The normalized spacial score (nSPS) is 27.5. The van der Waals surface area contributed by atoms with E-state index in [0.29, 0.717) is 12.1 Å². The number of hydrogen-bond acceptors (Lipinski definition) is 3. The summed E-state index contributed by atoms with van der Waals surface area (Å²) in [6.07, 6.45) is 1.75. The molecule has 0 spiro atoms. The van der Waals surface area contributed by atoms with E-state index in [9.17, 15) is 5.11 Å². The molecule has 1 unspecified atom stereocenters. The van der Waals surface area contributed by atoms with Gasteiger partial charge in [-0.05, 0) is 45.2 Å². The molecule has 0 aliphatic heterocycles. The molecule has 0 bridgehead atoms. The molecule has 1 fully saturated rings. The Kier molecular flexibility index (Phi) is 3.14. The van der Waals surface area contributed by atoms with E-state index in [1.54, 1.807) is 0 Å². The molecule has 1 atom stereocenters. The van der Waals surface area contributed by atoms with Crippen LogP contribution in [-0.4, -0.2) is 17.3 Å². The van der Waals surface area contributed by atoms with Gasteiger partial charge in [-0.2, -0.15) is 0 Å². The molecule has 2 nitrogen and oxygen atoms in total. The van der Waals surface area contributed by atoms with Crippen molar-refractivity contribution in [3.05, 3.63) is 21.4 Å². The zero-order valence-corrected chi connectivity index (χ0v) is 10.4. The molecule has 2 rings (SSSR count). The van der Waals surface area contributed by atoms with Crippen molar-refractivity contribution in [2.24, 2.45) is 0 Å². The van der Waals surface area contributed by atoms with Gasteiger partial charge in [-0.3, -0.25) is 0 Å². The fourth-order valence-electron chi connectivity index (χ4n) is 2.25. The number of thiophene rings is 1. The van der Waals surface area contributed by atoms with Gasteiger partial charge in [0, 0.05) is 21.8 Å². The Hall–Kier alpha value is -0.380. The van der Waals surface area contributed by atoms with E-state index in [2.05, 4.69) is 32.2 Å². The van der Waals surface area contributed by atoms with E-state index in [0.717, 1.165) is 12.8 Å². The summed E-state index contributed by atoms with van der Waals surface area (Å²) in [6, 6.07) is 3.19. The number of nitrogens with one attached hydrogen (secondary N) is 1. The van der Waals surface area contributed by atoms with Crippen LogP contribution in [0.15, 0.2) is 6.07 Å². The van der Waals surface area contributed by atoms with Crippen LogP contribution in [0.3, 0.4) is 0 Å². The van der Waals surface area contributed by atoms with Crippen molar-refractivity contribution in [1.29, 1.82) is 0 Å². The molecule has 3 heteroatoms. The van der Waals surface area contributed by atoms with Crippen molar-refractivity contribution in [2.75, 3.05) is 0 Å². The van der Waals surface area contributed by atoms with Crippen LogP contribution in [0.1, 0.15) is 41.1 Å². The van der Waals surface area contributed by atoms with Crippen LogP contribution in [0.2, 0.25) is 0 Å². The molecule has 1 aliphatic rings.